The number of aryl methyl sites for hydroxylation is 1. The molecule has 1 fully saturated rings. The molecule has 1 unspecified atom stereocenters. The SMILES string of the molecule is CCN(C(=O)[C@H]1CCCCN1)C(CN=C(NC#N)Nc1cccc(OC(F)F)c1)C(=[NH2+])c1ccc(Cl)c(C)c1. The number of piperidine rings is 1. The predicted molar refractivity (Wildman–Crippen MR) is 147 cm³/mol. The molecule has 0 bridgehead atoms. The lowest BCUT2D eigenvalue weighted by Gasteiger charge is -2.33. The number of carbonyl (C=O) groups is 1. The number of alkyl halides is 2. The average Bonchev–Trinajstić information content (AvgIpc) is 2.92. The van der Waals surface area contributed by atoms with Gasteiger partial charge in [0.1, 0.15) is 11.8 Å². The van der Waals surface area contributed by atoms with E-state index in [0.29, 0.717) is 28.5 Å². The molecule has 3 rings (SSSR count). The predicted octanol–water partition coefficient (Wildman–Crippen LogP) is 2.70. The van der Waals surface area contributed by atoms with Crippen LogP contribution in [0.5, 0.6) is 5.75 Å². The minimum Gasteiger partial charge on any atom is -0.435 e. The van der Waals surface area contributed by atoms with Gasteiger partial charge < -0.3 is 20.3 Å². The number of nitrogens with one attached hydrogen (secondary N) is 3. The number of hydrogen-bond acceptors (Lipinski definition) is 5. The van der Waals surface area contributed by atoms with E-state index in [2.05, 4.69) is 25.7 Å². The normalized spacial score (nSPS) is 16.2. The van der Waals surface area contributed by atoms with E-state index in [-0.39, 0.29) is 30.2 Å². The van der Waals surface area contributed by atoms with Crippen molar-refractivity contribution < 1.29 is 23.7 Å². The quantitative estimate of drug-likeness (QED) is 0.153. The molecule has 0 radical (unpaired) electrons. The zero-order valence-corrected chi connectivity index (χ0v) is 22.6. The van der Waals surface area contributed by atoms with Crippen molar-refractivity contribution in [2.45, 2.75) is 51.8 Å². The summed E-state index contributed by atoms with van der Waals surface area (Å²) in [5.41, 5.74) is 2.33. The number of nitrogens with two attached hydrogens (primary N) is 1. The fourth-order valence-corrected chi connectivity index (χ4v) is 4.52. The van der Waals surface area contributed by atoms with Gasteiger partial charge in [0.25, 0.3) is 0 Å². The van der Waals surface area contributed by atoms with Crippen LogP contribution in [0.25, 0.3) is 0 Å². The fourth-order valence-electron chi connectivity index (χ4n) is 4.40. The molecule has 2 aromatic carbocycles. The summed E-state index contributed by atoms with van der Waals surface area (Å²) in [4.78, 5) is 19.8. The monoisotopic (exact) mass is 560 g/mol. The molecule has 5 N–H and O–H groups in total. The molecule has 0 spiro atoms. The number of amides is 1. The van der Waals surface area contributed by atoms with Gasteiger partial charge in [0, 0.05) is 28.9 Å². The lowest BCUT2D eigenvalue weighted by molar-refractivity contribution is -0.140. The molecular formula is C27H33ClF2N7O2+. The number of halogens is 3. The summed E-state index contributed by atoms with van der Waals surface area (Å²) in [6.07, 6.45) is 4.51. The maximum atomic E-state index is 13.6. The molecule has 1 saturated heterocycles. The Kier molecular flexibility index (Phi) is 11.0. The van der Waals surface area contributed by atoms with Gasteiger partial charge in [-0.25, -0.2) is 4.99 Å². The topological polar surface area (TPSA) is 127 Å². The van der Waals surface area contributed by atoms with Crippen LogP contribution in [0.1, 0.15) is 37.3 Å². The maximum absolute atomic E-state index is 13.6. The lowest BCUT2D eigenvalue weighted by atomic mass is 9.98. The van der Waals surface area contributed by atoms with E-state index < -0.39 is 12.7 Å². The van der Waals surface area contributed by atoms with Crippen LogP contribution in [0, 0.1) is 18.4 Å². The maximum Gasteiger partial charge on any atom is 0.387 e. The summed E-state index contributed by atoms with van der Waals surface area (Å²) in [6.45, 7) is 1.93. The van der Waals surface area contributed by atoms with Gasteiger partial charge in [-0.1, -0.05) is 24.1 Å². The van der Waals surface area contributed by atoms with Gasteiger partial charge in [-0.15, -0.1) is 0 Å². The largest absolute Gasteiger partial charge is 0.435 e. The second-order valence-electron chi connectivity index (χ2n) is 9.02. The molecule has 208 valence electrons. The van der Waals surface area contributed by atoms with Gasteiger partial charge in [0.15, 0.2) is 6.19 Å². The van der Waals surface area contributed by atoms with Crippen molar-refractivity contribution in [1.82, 2.24) is 15.5 Å². The number of rotatable bonds is 10. The van der Waals surface area contributed by atoms with Crippen LogP contribution in [-0.4, -0.2) is 60.8 Å². The van der Waals surface area contributed by atoms with Gasteiger partial charge in [0.2, 0.25) is 17.6 Å². The van der Waals surface area contributed by atoms with Crippen molar-refractivity contribution in [3.05, 3.63) is 58.6 Å². The molecule has 1 amide bonds. The van der Waals surface area contributed by atoms with Crippen LogP contribution >= 0.6 is 11.6 Å². The van der Waals surface area contributed by atoms with Crippen molar-refractivity contribution in [2.75, 3.05) is 25.0 Å². The molecule has 1 aliphatic heterocycles. The minimum absolute atomic E-state index is 0.0179. The van der Waals surface area contributed by atoms with Crippen LogP contribution in [0.15, 0.2) is 47.5 Å². The zero-order valence-electron chi connectivity index (χ0n) is 21.9. The van der Waals surface area contributed by atoms with Crippen molar-refractivity contribution in [3.63, 3.8) is 0 Å². The fraction of sp³-hybridized carbons (Fsp3) is 0.407. The van der Waals surface area contributed by atoms with Crippen LogP contribution < -0.4 is 26.1 Å². The first-order valence-electron chi connectivity index (χ1n) is 12.7. The van der Waals surface area contributed by atoms with Gasteiger partial charge >= 0.3 is 6.61 Å². The first-order chi connectivity index (χ1) is 18.7. The number of guanidine groups is 1. The Morgan fingerprint density at radius 2 is 2.13 bits per heavy atom. The van der Waals surface area contributed by atoms with E-state index in [1.54, 1.807) is 23.1 Å². The number of carbonyl (C=O) groups excluding carboxylic acids is 1. The average molecular weight is 561 g/mol. The minimum atomic E-state index is -2.97. The standard InChI is InChI=1S/C27H32ClF2N7O2/c1-3-37(25(38)22-9-4-5-12-33-22)23(24(32)18-10-11-21(28)17(2)13-18)15-34-27(35-16-31)36-19-7-6-8-20(14-19)39-26(29)30/h6-8,10-11,13-14,22-23,26,32-33H,3-5,9,12,15H2,1-2H3,(H2,34,35,36)/p+1/t22-,23?/m1/s1. The summed E-state index contributed by atoms with van der Waals surface area (Å²) in [5, 5.41) is 25.2. The van der Waals surface area contributed by atoms with Crippen LogP contribution in [0.4, 0.5) is 14.5 Å². The number of benzene rings is 2. The molecule has 1 aliphatic rings. The molecule has 39 heavy (non-hydrogen) atoms. The Hall–Kier alpha value is -3.75. The van der Waals surface area contributed by atoms with Gasteiger partial charge in [-0.05, 0) is 69.1 Å². The van der Waals surface area contributed by atoms with Crippen molar-refractivity contribution in [2.24, 2.45) is 4.99 Å². The molecule has 9 nitrogen and oxygen atoms in total. The highest BCUT2D eigenvalue weighted by molar-refractivity contribution is 6.31. The molecule has 2 atom stereocenters. The highest BCUT2D eigenvalue weighted by atomic mass is 35.5. The van der Waals surface area contributed by atoms with E-state index in [4.69, 9.17) is 17.0 Å². The number of aliphatic imine (C=N–C) groups is 1. The Bertz CT molecular complexity index is 1230. The van der Waals surface area contributed by atoms with Crippen molar-refractivity contribution in [1.29, 1.82) is 5.26 Å². The number of nitriles is 1. The van der Waals surface area contributed by atoms with E-state index in [0.717, 1.165) is 31.4 Å². The number of nitrogens with zero attached hydrogens (tertiary/aromatic N) is 3. The summed E-state index contributed by atoms with van der Waals surface area (Å²) in [5.74, 6) is -0.0793. The molecule has 0 aromatic heterocycles. The highest BCUT2D eigenvalue weighted by Crippen LogP contribution is 2.21. The number of likely N-dealkylation sites (N-methyl/N-ethyl adjacent to an activating group) is 1. The van der Waals surface area contributed by atoms with E-state index in [1.807, 2.05) is 26.1 Å². The van der Waals surface area contributed by atoms with Crippen LogP contribution in [-0.2, 0) is 4.79 Å². The summed E-state index contributed by atoms with van der Waals surface area (Å²) >= 11 is 6.22. The van der Waals surface area contributed by atoms with Crippen molar-refractivity contribution in [3.8, 4) is 11.9 Å². The van der Waals surface area contributed by atoms with Crippen LogP contribution in [0.3, 0.4) is 0 Å². The van der Waals surface area contributed by atoms with Gasteiger partial charge in [0.05, 0.1) is 12.6 Å². The van der Waals surface area contributed by atoms with Crippen molar-refractivity contribution >= 4 is 34.9 Å². The molecule has 0 saturated carbocycles. The second kappa shape index (κ2) is 14.4. The molecule has 2 aromatic rings. The Morgan fingerprint density at radius 3 is 2.77 bits per heavy atom. The second-order valence-corrected chi connectivity index (χ2v) is 9.43. The molecule has 1 heterocycles. The Morgan fingerprint density at radius 1 is 1.33 bits per heavy atom. The highest BCUT2D eigenvalue weighted by Gasteiger charge is 2.34. The van der Waals surface area contributed by atoms with Crippen LogP contribution in [0.2, 0.25) is 5.02 Å². The van der Waals surface area contributed by atoms with Gasteiger partial charge in [-0.2, -0.15) is 14.0 Å². The molecular weight excluding hydrogens is 528 g/mol. The van der Waals surface area contributed by atoms with E-state index >= 15 is 0 Å². The number of anilines is 1. The zero-order chi connectivity index (χ0) is 28.4. The third-order valence-electron chi connectivity index (χ3n) is 6.38. The first kappa shape index (κ1) is 29.8. The Labute approximate surface area is 231 Å². The van der Waals surface area contributed by atoms with E-state index in [1.165, 1.54) is 18.2 Å². The number of hydrogen-bond donors (Lipinski definition) is 4. The number of ether oxygens (including phenoxy) is 1. The third-order valence-corrected chi connectivity index (χ3v) is 6.80. The molecule has 0 aliphatic carbocycles. The summed E-state index contributed by atoms with van der Waals surface area (Å²) < 4.78 is 29.7. The van der Waals surface area contributed by atoms with Gasteiger partial charge in [-0.3, -0.25) is 15.5 Å². The lowest BCUT2D eigenvalue weighted by Crippen LogP contribution is -2.60. The summed E-state index contributed by atoms with van der Waals surface area (Å²) in [6, 6.07) is 10.3. The smallest absolute Gasteiger partial charge is 0.387 e. The first-order valence-corrected chi connectivity index (χ1v) is 13.1. The third kappa shape index (κ3) is 8.37. The van der Waals surface area contributed by atoms with E-state index in [9.17, 15) is 18.8 Å². The summed E-state index contributed by atoms with van der Waals surface area (Å²) in [7, 11) is 0. The molecule has 12 heteroatoms. The Balaban J connectivity index is 1.92.